The minimum Gasteiger partial charge on any atom is -0.348 e. The van der Waals surface area contributed by atoms with E-state index < -0.39 is 12.1 Å². The van der Waals surface area contributed by atoms with E-state index in [1.807, 2.05) is 50.6 Å². The van der Waals surface area contributed by atoms with E-state index in [9.17, 15) is 14.4 Å². The van der Waals surface area contributed by atoms with Crippen LogP contribution in [0.1, 0.15) is 78.9 Å². The summed E-state index contributed by atoms with van der Waals surface area (Å²) in [6, 6.07) is 12.9. The molecular formula is C30H35IN4O3S. The van der Waals surface area contributed by atoms with Crippen molar-refractivity contribution in [1.82, 2.24) is 15.1 Å². The summed E-state index contributed by atoms with van der Waals surface area (Å²) >= 11 is 4.08. The molecule has 1 fully saturated rings. The van der Waals surface area contributed by atoms with Gasteiger partial charge in [-0.3, -0.25) is 19.4 Å². The molecule has 206 valence electrons. The van der Waals surface area contributed by atoms with Crippen LogP contribution >= 0.6 is 34.4 Å². The number of likely N-dealkylation sites (tertiary alicyclic amines) is 1. The molecule has 5 atom stereocenters. The number of aliphatic imine (C=N–C) groups is 1. The van der Waals surface area contributed by atoms with Gasteiger partial charge in [0, 0.05) is 22.2 Å². The molecule has 3 aliphatic rings. The van der Waals surface area contributed by atoms with Gasteiger partial charge in [0.25, 0.3) is 5.91 Å². The summed E-state index contributed by atoms with van der Waals surface area (Å²) in [6.45, 7) is 8.99. The number of thioether (sulfide) groups is 1. The van der Waals surface area contributed by atoms with Gasteiger partial charge in [-0.05, 0) is 84.0 Å². The highest BCUT2D eigenvalue weighted by molar-refractivity contribution is 14.1. The quantitative estimate of drug-likeness (QED) is 0.408. The molecule has 5 unspecified atom stereocenters. The van der Waals surface area contributed by atoms with Gasteiger partial charge in [0.2, 0.25) is 11.8 Å². The maximum absolute atomic E-state index is 13.9. The number of carbonyl (C=O) groups is 3. The van der Waals surface area contributed by atoms with Crippen molar-refractivity contribution in [3.63, 3.8) is 0 Å². The number of rotatable bonds is 7. The molecule has 2 aromatic rings. The lowest BCUT2D eigenvalue weighted by molar-refractivity contribution is -0.143. The molecule has 2 aromatic carbocycles. The van der Waals surface area contributed by atoms with E-state index in [1.54, 1.807) is 21.6 Å². The Morgan fingerprint density at radius 2 is 1.92 bits per heavy atom. The van der Waals surface area contributed by atoms with Crippen LogP contribution in [-0.2, 0) is 16.1 Å². The molecule has 3 heterocycles. The lowest BCUT2D eigenvalue weighted by Crippen LogP contribution is -2.55. The van der Waals surface area contributed by atoms with E-state index >= 15 is 0 Å². The van der Waals surface area contributed by atoms with Gasteiger partial charge in [-0.1, -0.05) is 44.2 Å². The number of carbonyl (C=O) groups excluding carboxylic acids is 3. The Hall–Kier alpha value is -2.40. The van der Waals surface area contributed by atoms with Gasteiger partial charge in [-0.25, -0.2) is 0 Å². The van der Waals surface area contributed by atoms with Gasteiger partial charge in [0.05, 0.1) is 22.9 Å². The number of nitrogens with zero attached hydrogens (tertiary/aromatic N) is 3. The molecule has 0 aliphatic carbocycles. The molecule has 5 rings (SSSR count). The predicted molar refractivity (Wildman–Crippen MR) is 164 cm³/mol. The zero-order valence-electron chi connectivity index (χ0n) is 22.8. The number of amides is 3. The fourth-order valence-electron chi connectivity index (χ4n) is 5.96. The molecule has 0 aromatic heterocycles. The third-order valence-electron chi connectivity index (χ3n) is 8.03. The fraction of sp³-hybridized carbons (Fsp3) is 0.467. The van der Waals surface area contributed by atoms with Crippen LogP contribution in [0.15, 0.2) is 47.5 Å². The number of hydrogen-bond donors (Lipinski definition) is 1. The van der Waals surface area contributed by atoms with Gasteiger partial charge < -0.3 is 15.1 Å². The molecule has 3 amide bonds. The summed E-state index contributed by atoms with van der Waals surface area (Å²) in [6.07, 6.45) is 1.39. The third-order valence-corrected chi connectivity index (χ3v) is 10.2. The largest absolute Gasteiger partial charge is 0.348 e. The minimum absolute atomic E-state index is 0.0785. The minimum atomic E-state index is -0.607. The second-order valence-corrected chi connectivity index (χ2v) is 13.2. The van der Waals surface area contributed by atoms with Crippen LogP contribution < -0.4 is 5.32 Å². The van der Waals surface area contributed by atoms with Crippen molar-refractivity contribution in [2.75, 3.05) is 6.54 Å². The van der Waals surface area contributed by atoms with Crippen molar-refractivity contribution < 1.29 is 14.4 Å². The Morgan fingerprint density at radius 3 is 2.59 bits per heavy atom. The van der Waals surface area contributed by atoms with Gasteiger partial charge in [-0.2, -0.15) is 0 Å². The summed E-state index contributed by atoms with van der Waals surface area (Å²) in [5.74, 6) is -0.465. The first-order chi connectivity index (χ1) is 18.7. The van der Waals surface area contributed by atoms with Crippen molar-refractivity contribution in [3.05, 3.63) is 68.3 Å². The van der Waals surface area contributed by atoms with Gasteiger partial charge in [0.15, 0.2) is 0 Å². The Kier molecular flexibility index (Phi) is 8.37. The first-order valence-electron chi connectivity index (χ1n) is 13.6. The zero-order chi connectivity index (χ0) is 27.8. The van der Waals surface area contributed by atoms with Crippen molar-refractivity contribution in [3.8, 4) is 0 Å². The van der Waals surface area contributed by atoms with Gasteiger partial charge in [-0.15, -0.1) is 11.8 Å². The van der Waals surface area contributed by atoms with Crippen LogP contribution in [0.4, 0.5) is 0 Å². The lowest BCUT2D eigenvalue weighted by Gasteiger charge is -2.35. The molecule has 39 heavy (non-hydrogen) atoms. The third kappa shape index (κ3) is 5.49. The van der Waals surface area contributed by atoms with Crippen LogP contribution in [0.5, 0.6) is 0 Å². The smallest absolute Gasteiger partial charge is 0.255 e. The van der Waals surface area contributed by atoms with E-state index in [2.05, 4.69) is 58.0 Å². The second kappa shape index (κ2) is 11.6. The van der Waals surface area contributed by atoms with Crippen molar-refractivity contribution in [1.29, 1.82) is 0 Å². The number of benzene rings is 2. The zero-order valence-corrected chi connectivity index (χ0v) is 25.7. The highest BCUT2D eigenvalue weighted by Crippen LogP contribution is 2.38. The molecule has 3 aliphatic heterocycles. The molecule has 0 spiro atoms. The topological polar surface area (TPSA) is 82.1 Å². The van der Waals surface area contributed by atoms with Gasteiger partial charge >= 0.3 is 0 Å². The highest BCUT2D eigenvalue weighted by atomic mass is 127. The fourth-order valence-corrected chi connectivity index (χ4v) is 7.96. The summed E-state index contributed by atoms with van der Waals surface area (Å²) in [4.78, 5) is 48.5. The van der Waals surface area contributed by atoms with Crippen molar-refractivity contribution in [2.45, 2.75) is 76.5 Å². The van der Waals surface area contributed by atoms with Crippen LogP contribution in [0.3, 0.4) is 0 Å². The molecule has 0 radical (unpaired) electrons. The highest BCUT2D eigenvalue weighted by Gasteiger charge is 2.44. The molecule has 1 N–H and O–H groups in total. The van der Waals surface area contributed by atoms with E-state index in [0.29, 0.717) is 30.3 Å². The maximum atomic E-state index is 13.9. The first-order valence-corrected chi connectivity index (χ1v) is 15.7. The van der Waals surface area contributed by atoms with Gasteiger partial charge in [0.1, 0.15) is 12.1 Å². The predicted octanol–water partition coefficient (Wildman–Crippen LogP) is 5.34. The van der Waals surface area contributed by atoms with Crippen LogP contribution in [0, 0.1) is 9.49 Å². The van der Waals surface area contributed by atoms with Crippen LogP contribution in [0.2, 0.25) is 0 Å². The lowest BCUT2D eigenvalue weighted by atomic mass is 10.00. The summed E-state index contributed by atoms with van der Waals surface area (Å²) in [5, 5.41) is 3.49. The average Bonchev–Trinajstić information content (AvgIpc) is 3.63. The van der Waals surface area contributed by atoms with Crippen LogP contribution in [-0.4, -0.2) is 57.7 Å². The summed E-state index contributed by atoms with van der Waals surface area (Å²) in [5.41, 5.74) is 5.83. The Bertz CT molecular complexity index is 1310. The SMILES string of the molecule is CC(NC(=O)C1CCCN1C(=O)C(C(C)C)N1Cc2ccccc2C1=O)c1ccc(C2SC=NC2C)cc1I. The normalized spacial score (nSPS) is 23.8. The standard InChI is InChI=1S/C30H35IN4O3S/c1-17(2)26(35-15-21-8-5-6-9-23(21)29(35)37)30(38)34-13-7-10-25(34)28(36)33-18(3)22-12-11-20(14-24(22)31)27-19(4)32-16-39-27/h5-6,8-9,11-12,14,16-19,25-27H,7,10,13,15H2,1-4H3,(H,33,36). The molecular weight excluding hydrogens is 623 g/mol. The van der Waals surface area contributed by atoms with Crippen molar-refractivity contribution in [2.24, 2.45) is 10.9 Å². The van der Waals surface area contributed by atoms with E-state index in [0.717, 1.165) is 21.1 Å². The maximum Gasteiger partial charge on any atom is 0.255 e. The molecule has 9 heteroatoms. The number of halogens is 1. The second-order valence-electron chi connectivity index (χ2n) is 11.0. The first kappa shape index (κ1) is 28.1. The van der Waals surface area contributed by atoms with Crippen molar-refractivity contribution >= 4 is 57.6 Å². The summed E-state index contributed by atoms with van der Waals surface area (Å²) < 4.78 is 1.10. The molecule has 0 bridgehead atoms. The monoisotopic (exact) mass is 658 g/mol. The number of nitrogens with one attached hydrogen (secondary N) is 1. The number of hydrogen-bond acceptors (Lipinski definition) is 5. The molecule has 0 saturated carbocycles. The Balaban J connectivity index is 1.28. The molecule has 7 nitrogen and oxygen atoms in total. The summed E-state index contributed by atoms with van der Waals surface area (Å²) in [7, 11) is 0. The van der Waals surface area contributed by atoms with E-state index in [1.165, 1.54) is 5.56 Å². The molecule has 1 saturated heterocycles. The Morgan fingerprint density at radius 1 is 1.15 bits per heavy atom. The number of fused-ring (bicyclic) bond motifs is 1. The van der Waals surface area contributed by atoms with Crippen LogP contribution in [0.25, 0.3) is 0 Å². The average molecular weight is 659 g/mol. The van der Waals surface area contributed by atoms with E-state index in [-0.39, 0.29) is 35.7 Å². The van der Waals surface area contributed by atoms with E-state index in [4.69, 9.17) is 0 Å². The Labute approximate surface area is 248 Å².